The number of hydrogen-bond acceptors (Lipinski definition) is 0. The van der Waals surface area contributed by atoms with Crippen molar-refractivity contribution in [1.29, 1.82) is 0 Å². The molecule has 10 rings (SSSR count). The summed E-state index contributed by atoms with van der Waals surface area (Å²) in [6.07, 6.45) is 6.84. The van der Waals surface area contributed by atoms with Crippen LogP contribution in [0.5, 0.6) is 0 Å². The van der Waals surface area contributed by atoms with Gasteiger partial charge in [0.1, 0.15) is 0 Å². The summed E-state index contributed by atoms with van der Waals surface area (Å²) in [6.45, 7) is 7.28. The summed E-state index contributed by atoms with van der Waals surface area (Å²) in [5, 5.41) is 2.77. The maximum Gasteiger partial charge on any atom is 0.0547 e. The minimum absolute atomic E-state index is 0.0246. The van der Waals surface area contributed by atoms with E-state index in [-0.39, 0.29) is 10.8 Å². The van der Waals surface area contributed by atoms with Crippen LogP contribution >= 0.6 is 0 Å². The van der Waals surface area contributed by atoms with Crippen LogP contribution in [0.25, 0.3) is 49.7 Å². The number of benzene rings is 5. The van der Waals surface area contributed by atoms with Crippen LogP contribution in [-0.2, 0) is 10.8 Å². The topological polar surface area (TPSA) is 4.93 Å². The molecule has 6 aromatic rings. The number of aromatic nitrogens is 1. The molecule has 1 spiro atoms. The first-order valence-electron chi connectivity index (χ1n) is 16.9. The summed E-state index contributed by atoms with van der Waals surface area (Å²) in [7, 11) is 0. The van der Waals surface area contributed by atoms with E-state index in [4.69, 9.17) is 0 Å². The van der Waals surface area contributed by atoms with Gasteiger partial charge in [-0.2, -0.15) is 0 Å². The first kappa shape index (κ1) is 25.2. The quantitative estimate of drug-likeness (QED) is 0.186. The van der Waals surface area contributed by atoms with Gasteiger partial charge >= 0.3 is 0 Å². The third kappa shape index (κ3) is 3.06. The predicted molar refractivity (Wildman–Crippen MR) is 184 cm³/mol. The number of fused-ring (bicyclic) bond motifs is 14. The predicted octanol–water partition coefficient (Wildman–Crippen LogP) is 11.2. The highest BCUT2D eigenvalue weighted by molar-refractivity contribution is 6.11. The summed E-state index contributed by atoms with van der Waals surface area (Å²) >= 11 is 0. The van der Waals surface area contributed by atoms with Gasteiger partial charge in [0.25, 0.3) is 0 Å². The molecule has 0 saturated heterocycles. The summed E-state index contributed by atoms with van der Waals surface area (Å²) in [5.74, 6) is 2.47. The van der Waals surface area contributed by atoms with Crippen molar-refractivity contribution in [1.82, 2.24) is 4.57 Å². The van der Waals surface area contributed by atoms with E-state index in [1.165, 1.54) is 93.0 Å². The summed E-state index contributed by atoms with van der Waals surface area (Å²) in [5.41, 5.74) is 15.8. The molecule has 0 aliphatic heterocycles. The number of hydrogen-bond donors (Lipinski definition) is 0. The van der Waals surface area contributed by atoms with Crippen LogP contribution in [0.15, 0.2) is 103 Å². The largest absolute Gasteiger partial charge is 0.309 e. The monoisotopic (exact) mass is 569 g/mol. The molecule has 5 aromatic carbocycles. The van der Waals surface area contributed by atoms with Gasteiger partial charge in [-0.15, -0.1) is 0 Å². The Hall–Kier alpha value is -4.10. The van der Waals surface area contributed by atoms with Crippen molar-refractivity contribution < 1.29 is 0 Å². The van der Waals surface area contributed by atoms with E-state index in [9.17, 15) is 0 Å². The average molecular weight is 570 g/mol. The van der Waals surface area contributed by atoms with E-state index in [0.29, 0.717) is 0 Å². The van der Waals surface area contributed by atoms with Gasteiger partial charge in [-0.1, -0.05) is 93.6 Å². The van der Waals surface area contributed by atoms with Crippen LogP contribution in [0.3, 0.4) is 0 Å². The normalized spacial score (nSPS) is 25.7. The van der Waals surface area contributed by atoms with Gasteiger partial charge in [0.15, 0.2) is 0 Å². The third-order valence-corrected chi connectivity index (χ3v) is 12.5. The summed E-state index contributed by atoms with van der Waals surface area (Å²) < 4.78 is 2.55. The molecule has 0 radical (unpaired) electrons. The van der Waals surface area contributed by atoms with E-state index in [1.807, 2.05) is 0 Å². The molecule has 44 heavy (non-hydrogen) atoms. The first-order valence-corrected chi connectivity index (χ1v) is 16.9. The van der Waals surface area contributed by atoms with Gasteiger partial charge in [-0.25, -0.2) is 0 Å². The molecule has 4 unspecified atom stereocenters. The fraction of sp³-hybridized carbons (Fsp3) is 0.302. The molecular weight excluding hydrogens is 530 g/mol. The fourth-order valence-corrected chi connectivity index (χ4v) is 10.7. The van der Waals surface area contributed by atoms with Crippen molar-refractivity contribution in [2.24, 2.45) is 17.8 Å². The van der Waals surface area contributed by atoms with E-state index in [1.54, 1.807) is 11.1 Å². The summed E-state index contributed by atoms with van der Waals surface area (Å²) in [4.78, 5) is 0. The molecule has 216 valence electrons. The molecule has 0 N–H and O–H groups in total. The van der Waals surface area contributed by atoms with E-state index >= 15 is 0 Å². The number of para-hydroxylation sites is 1. The van der Waals surface area contributed by atoms with Crippen molar-refractivity contribution >= 4 is 21.8 Å². The van der Waals surface area contributed by atoms with Crippen molar-refractivity contribution in [3.8, 4) is 27.9 Å². The smallest absolute Gasteiger partial charge is 0.0547 e. The number of nitrogens with zero attached hydrogens (tertiary/aromatic N) is 1. The van der Waals surface area contributed by atoms with E-state index in [0.717, 1.165) is 17.8 Å². The molecule has 2 fully saturated rings. The molecule has 2 bridgehead atoms. The molecule has 2 saturated carbocycles. The van der Waals surface area contributed by atoms with Crippen LogP contribution in [0, 0.1) is 17.8 Å². The van der Waals surface area contributed by atoms with Crippen LogP contribution in [0.4, 0.5) is 0 Å². The minimum Gasteiger partial charge on any atom is -0.309 e. The Bertz CT molecular complexity index is 2170. The molecule has 1 heteroatoms. The van der Waals surface area contributed by atoms with Crippen LogP contribution in [0.1, 0.15) is 75.1 Å². The Labute approximate surface area is 260 Å². The average Bonchev–Trinajstić information content (AvgIpc) is 3.60. The second kappa shape index (κ2) is 8.54. The molecule has 4 aliphatic carbocycles. The Morgan fingerprint density at radius 2 is 1.32 bits per heavy atom. The Morgan fingerprint density at radius 1 is 0.591 bits per heavy atom. The lowest BCUT2D eigenvalue weighted by Crippen LogP contribution is -2.44. The molecule has 1 heterocycles. The van der Waals surface area contributed by atoms with Gasteiger partial charge in [0.2, 0.25) is 0 Å². The zero-order valence-corrected chi connectivity index (χ0v) is 26.0. The van der Waals surface area contributed by atoms with Crippen LogP contribution in [0.2, 0.25) is 0 Å². The Morgan fingerprint density at radius 3 is 2.18 bits per heavy atom. The lowest BCUT2D eigenvalue weighted by Gasteiger charge is -2.50. The molecule has 0 amide bonds. The van der Waals surface area contributed by atoms with Crippen LogP contribution < -0.4 is 0 Å². The van der Waals surface area contributed by atoms with Gasteiger partial charge in [0, 0.05) is 27.3 Å². The Kier molecular flexibility index (Phi) is 4.90. The van der Waals surface area contributed by atoms with Gasteiger partial charge < -0.3 is 4.57 Å². The molecular formula is C43H39N. The zero-order valence-electron chi connectivity index (χ0n) is 26.0. The molecule has 4 atom stereocenters. The van der Waals surface area contributed by atoms with Crippen molar-refractivity contribution in [2.75, 3.05) is 0 Å². The Balaban J connectivity index is 1.24. The maximum absolute atomic E-state index is 2.65. The number of rotatable bonds is 1. The van der Waals surface area contributed by atoms with Crippen molar-refractivity contribution in [3.05, 3.63) is 125 Å². The van der Waals surface area contributed by atoms with E-state index in [2.05, 4.69) is 128 Å². The second-order valence-corrected chi connectivity index (χ2v) is 15.1. The molecule has 4 aliphatic rings. The SMILES string of the molecule is CC1CC2CCC3(c4ccccc4-c4cc5c(cc43)c3ccccc3n5-c3ccc4c(c3)C(C)(C)c3ccccc3-4)C(C1)C2. The standard InChI is InChI=1S/C43H39N/c1-26-20-27-18-19-43(28(21-26)22-27)37-14-8-5-11-31(37)34-25-41-35(24-39(34)43)33-12-6-9-15-40(33)44(41)29-16-17-32-30-10-4-7-13-36(30)42(2,3)38(32)23-29/h4-17,23-28H,18-22H2,1-3H3. The van der Waals surface area contributed by atoms with Crippen LogP contribution in [-0.4, -0.2) is 4.57 Å². The highest BCUT2D eigenvalue weighted by Crippen LogP contribution is 2.63. The van der Waals surface area contributed by atoms with Gasteiger partial charge in [-0.05, 0) is 125 Å². The molecule has 1 aromatic heterocycles. The lowest BCUT2D eigenvalue weighted by molar-refractivity contribution is 0.0856. The maximum atomic E-state index is 2.65. The van der Waals surface area contributed by atoms with E-state index < -0.39 is 0 Å². The van der Waals surface area contributed by atoms with Gasteiger partial charge in [0.05, 0.1) is 11.0 Å². The van der Waals surface area contributed by atoms with Crippen molar-refractivity contribution in [3.63, 3.8) is 0 Å². The fourth-order valence-electron chi connectivity index (χ4n) is 10.7. The molecule has 1 nitrogen and oxygen atoms in total. The highest BCUT2D eigenvalue weighted by atomic mass is 15.0. The summed E-state index contributed by atoms with van der Waals surface area (Å²) in [6, 6.07) is 40.0. The van der Waals surface area contributed by atoms with Crippen molar-refractivity contribution in [2.45, 2.75) is 63.7 Å². The highest BCUT2D eigenvalue weighted by Gasteiger charge is 2.53. The third-order valence-electron chi connectivity index (χ3n) is 12.5. The zero-order chi connectivity index (χ0) is 29.4. The first-order chi connectivity index (χ1) is 21.4. The van der Waals surface area contributed by atoms with Gasteiger partial charge in [-0.3, -0.25) is 0 Å². The minimum atomic E-state index is -0.0246. The second-order valence-electron chi connectivity index (χ2n) is 15.1. The lowest BCUT2D eigenvalue weighted by atomic mass is 9.53.